The van der Waals surface area contributed by atoms with Crippen LogP contribution in [0.25, 0.3) is 0 Å². The lowest BCUT2D eigenvalue weighted by Crippen LogP contribution is -2.50. The molecule has 4 nitrogen and oxygen atoms in total. The maximum Gasteiger partial charge on any atom is 0.321 e. The molecule has 2 amide bonds. The molecule has 0 radical (unpaired) electrons. The van der Waals surface area contributed by atoms with Crippen LogP contribution in [-0.4, -0.2) is 37.1 Å². The number of halogens is 4. The third kappa shape index (κ3) is 3.67. The fourth-order valence-electron chi connectivity index (χ4n) is 2.68. The van der Waals surface area contributed by atoms with E-state index in [0.717, 1.165) is 6.07 Å². The Balaban J connectivity index is 1.62. The minimum absolute atomic E-state index is 0.0379. The fraction of sp³-hybridized carbons (Fsp3) is 0.235. The topological polar surface area (TPSA) is 35.6 Å². The number of carbonyl (C=O) groups excluding carboxylic acids is 1. The van der Waals surface area contributed by atoms with E-state index in [-0.39, 0.29) is 31.9 Å². The predicted octanol–water partition coefficient (Wildman–Crippen LogP) is 3.60. The molecule has 0 spiro atoms. The van der Waals surface area contributed by atoms with Crippen molar-refractivity contribution >= 4 is 17.4 Å². The lowest BCUT2D eigenvalue weighted by Gasteiger charge is -2.36. The highest BCUT2D eigenvalue weighted by Gasteiger charge is 2.25. The molecule has 1 heterocycles. The van der Waals surface area contributed by atoms with Gasteiger partial charge in [0.05, 0.1) is 5.69 Å². The SMILES string of the molecule is O=C(Nc1cccc(F)c1)N1CCN(c2ccc(F)c(F)c2F)CC1. The van der Waals surface area contributed by atoms with Crippen molar-refractivity contribution in [3.63, 3.8) is 0 Å². The van der Waals surface area contributed by atoms with Gasteiger partial charge >= 0.3 is 6.03 Å². The molecule has 0 aromatic heterocycles. The summed E-state index contributed by atoms with van der Waals surface area (Å²) in [6, 6.07) is 7.15. The maximum atomic E-state index is 13.8. The van der Waals surface area contributed by atoms with Crippen molar-refractivity contribution in [2.75, 3.05) is 36.4 Å². The number of anilines is 2. The van der Waals surface area contributed by atoms with Crippen molar-refractivity contribution in [2.24, 2.45) is 0 Å². The number of nitrogens with zero attached hydrogens (tertiary/aromatic N) is 2. The van der Waals surface area contributed by atoms with E-state index in [9.17, 15) is 22.4 Å². The Morgan fingerprint density at radius 3 is 2.32 bits per heavy atom. The fourth-order valence-corrected chi connectivity index (χ4v) is 2.68. The zero-order chi connectivity index (χ0) is 18.0. The van der Waals surface area contributed by atoms with E-state index in [1.807, 2.05) is 0 Å². The summed E-state index contributed by atoms with van der Waals surface area (Å²) in [6.07, 6.45) is 0. The van der Waals surface area contributed by atoms with E-state index in [4.69, 9.17) is 0 Å². The normalized spacial score (nSPS) is 14.6. The molecule has 0 saturated carbocycles. The lowest BCUT2D eigenvalue weighted by molar-refractivity contribution is 0.208. The molecule has 1 saturated heterocycles. The van der Waals surface area contributed by atoms with Crippen LogP contribution >= 0.6 is 0 Å². The number of urea groups is 1. The van der Waals surface area contributed by atoms with Crippen LogP contribution in [0.2, 0.25) is 0 Å². The summed E-state index contributed by atoms with van der Waals surface area (Å²) in [5.74, 6) is -4.45. The van der Waals surface area contributed by atoms with Crippen LogP contribution < -0.4 is 10.2 Å². The van der Waals surface area contributed by atoms with Gasteiger partial charge in [0.2, 0.25) is 0 Å². The Labute approximate surface area is 141 Å². The first-order valence-corrected chi connectivity index (χ1v) is 7.65. The zero-order valence-corrected chi connectivity index (χ0v) is 13.1. The second-order valence-corrected chi connectivity index (χ2v) is 5.61. The van der Waals surface area contributed by atoms with Crippen molar-refractivity contribution in [2.45, 2.75) is 0 Å². The minimum atomic E-state index is -1.51. The largest absolute Gasteiger partial charge is 0.366 e. The standard InChI is InChI=1S/C17H15F4N3O/c18-11-2-1-3-12(10-11)22-17(25)24-8-6-23(7-9-24)14-5-4-13(19)15(20)16(14)21/h1-5,10H,6-9H2,(H,22,25). The Bertz CT molecular complexity index is 791. The summed E-state index contributed by atoms with van der Waals surface area (Å²) in [5, 5.41) is 2.58. The van der Waals surface area contributed by atoms with Crippen LogP contribution in [0, 0.1) is 23.3 Å². The lowest BCUT2D eigenvalue weighted by atomic mass is 10.2. The molecule has 2 aromatic rings. The Hall–Kier alpha value is -2.77. The van der Waals surface area contributed by atoms with Gasteiger partial charge in [0.25, 0.3) is 0 Å². The van der Waals surface area contributed by atoms with Crippen LogP contribution in [-0.2, 0) is 0 Å². The van der Waals surface area contributed by atoms with Gasteiger partial charge in [-0.3, -0.25) is 0 Å². The van der Waals surface area contributed by atoms with Crippen molar-refractivity contribution in [3.05, 3.63) is 59.7 Å². The first-order chi connectivity index (χ1) is 12.0. The third-order valence-electron chi connectivity index (χ3n) is 4.00. The molecule has 132 valence electrons. The summed E-state index contributed by atoms with van der Waals surface area (Å²) < 4.78 is 53.3. The molecule has 1 aliphatic rings. The van der Waals surface area contributed by atoms with E-state index in [0.29, 0.717) is 5.69 Å². The van der Waals surface area contributed by atoms with E-state index >= 15 is 0 Å². The number of hydrogen-bond acceptors (Lipinski definition) is 2. The molecule has 8 heteroatoms. The molecule has 0 unspecified atom stereocenters. The molecular formula is C17H15F4N3O. The number of nitrogens with one attached hydrogen (secondary N) is 1. The van der Waals surface area contributed by atoms with Crippen molar-refractivity contribution in [1.82, 2.24) is 4.90 Å². The molecule has 0 bridgehead atoms. The van der Waals surface area contributed by atoms with Gasteiger partial charge < -0.3 is 15.1 Å². The highest BCUT2D eigenvalue weighted by atomic mass is 19.2. The third-order valence-corrected chi connectivity index (χ3v) is 4.00. The molecule has 3 rings (SSSR count). The summed E-state index contributed by atoms with van der Waals surface area (Å²) in [4.78, 5) is 15.2. The van der Waals surface area contributed by atoms with Gasteiger partial charge in [0.1, 0.15) is 5.82 Å². The van der Waals surface area contributed by atoms with Crippen LogP contribution in [0.3, 0.4) is 0 Å². The number of hydrogen-bond donors (Lipinski definition) is 1. The Morgan fingerprint density at radius 1 is 0.920 bits per heavy atom. The summed E-state index contributed by atoms with van der Waals surface area (Å²) >= 11 is 0. The Kier molecular flexibility index (Phi) is 4.78. The average molecular weight is 353 g/mol. The van der Waals surface area contributed by atoms with Gasteiger partial charge in [0, 0.05) is 31.9 Å². The number of rotatable bonds is 2. The zero-order valence-electron chi connectivity index (χ0n) is 13.1. The molecule has 1 aliphatic heterocycles. The monoisotopic (exact) mass is 353 g/mol. The van der Waals surface area contributed by atoms with E-state index < -0.39 is 29.3 Å². The average Bonchev–Trinajstić information content (AvgIpc) is 2.60. The predicted molar refractivity (Wildman–Crippen MR) is 85.5 cm³/mol. The molecule has 25 heavy (non-hydrogen) atoms. The quantitative estimate of drug-likeness (QED) is 0.662. The highest BCUT2D eigenvalue weighted by molar-refractivity contribution is 5.89. The second kappa shape index (κ2) is 7.00. The van der Waals surface area contributed by atoms with Crippen LogP contribution in [0.5, 0.6) is 0 Å². The van der Waals surface area contributed by atoms with Gasteiger partial charge in [-0.15, -0.1) is 0 Å². The number of amides is 2. The summed E-state index contributed by atoms with van der Waals surface area (Å²) in [5.41, 5.74) is 0.295. The van der Waals surface area contributed by atoms with Gasteiger partial charge in [-0.25, -0.2) is 22.4 Å². The van der Waals surface area contributed by atoms with Crippen molar-refractivity contribution < 1.29 is 22.4 Å². The van der Waals surface area contributed by atoms with Crippen molar-refractivity contribution in [1.29, 1.82) is 0 Å². The van der Waals surface area contributed by atoms with Crippen molar-refractivity contribution in [3.8, 4) is 0 Å². The summed E-state index contributed by atoms with van der Waals surface area (Å²) in [7, 11) is 0. The van der Waals surface area contributed by atoms with E-state index in [1.165, 1.54) is 29.2 Å². The van der Waals surface area contributed by atoms with Gasteiger partial charge in [-0.1, -0.05) is 6.07 Å². The van der Waals surface area contributed by atoms with E-state index in [1.54, 1.807) is 11.0 Å². The highest BCUT2D eigenvalue weighted by Crippen LogP contribution is 2.24. The second-order valence-electron chi connectivity index (χ2n) is 5.61. The molecular weight excluding hydrogens is 338 g/mol. The van der Waals surface area contributed by atoms with Crippen LogP contribution in [0.15, 0.2) is 36.4 Å². The first-order valence-electron chi connectivity index (χ1n) is 7.65. The molecule has 1 fully saturated rings. The molecule has 0 aliphatic carbocycles. The Morgan fingerprint density at radius 2 is 1.64 bits per heavy atom. The molecule has 2 aromatic carbocycles. The smallest absolute Gasteiger partial charge is 0.321 e. The van der Waals surface area contributed by atoms with Crippen LogP contribution in [0.4, 0.5) is 33.7 Å². The minimum Gasteiger partial charge on any atom is -0.366 e. The first kappa shape index (κ1) is 17.1. The van der Waals surface area contributed by atoms with Crippen LogP contribution in [0.1, 0.15) is 0 Å². The van der Waals surface area contributed by atoms with Gasteiger partial charge in [-0.05, 0) is 30.3 Å². The van der Waals surface area contributed by atoms with E-state index in [2.05, 4.69) is 5.32 Å². The van der Waals surface area contributed by atoms with Gasteiger partial charge in [-0.2, -0.15) is 0 Å². The van der Waals surface area contributed by atoms with Gasteiger partial charge in [0.15, 0.2) is 17.5 Å². The number of carbonyl (C=O) groups is 1. The molecule has 0 atom stereocenters. The maximum absolute atomic E-state index is 13.8. The molecule has 1 N–H and O–H groups in total. The summed E-state index contributed by atoms with van der Waals surface area (Å²) in [6.45, 7) is 1.05. The number of piperazine rings is 1. The number of benzene rings is 2.